The van der Waals surface area contributed by atoms with E-state index in [9.17, 15) is 0 Å². The van der Waals surface area contributed by atoms with Crippen LogP contribution in [0.1, 0.15) is 30.9 Å². The SMILES string of the molecule is CCCNCc1cc(C)ccc1N(C)CCCO. The lowest BCUT2D eigenvalue weighted by Gasteiger charge is -2.23. The minimum atomic E-state index is 0.250. The summed E-state index contributed by atoms with van der Waals surface area (Å²) in [5.74, 6) is 0. The van der Waals surface area contributed by atoms with E-state index in [0.29, 0.717) is 0 Å². The molecule has 0 amide bonds. The first-order chi connectivity index (χ1) is 8.69. The molecule has 0 fully saturated rings. The van der Waals surface area contributed by atoms with E-state index in [2.05, 4.69) is 49.3 Å². The van der Waals surface area contributed by atoms with Crippen LogP contribution in [0.15, 0.2) is 18.2 Å². The van der Waals surface area contributed by atoms with Crippen LogP contribution in [-0.2, 0) is 6.54 Å². The first-order valence-corrected chi connectivity index (χ1v) is 6.81. The molecule has 0 aliphatic rings. The molecule has 1 aromatic carbocycles. The third kappa shape index (κ3) is 4.67. The van der Waals surface area contributed by atoms with E-state index >= 15 is 0 Å². The number of nitrogens with one attached hydrogen (secondary N) is 1. The van der Waals surface area contributed by atoms with Gasteiger partial charge in [-0.05, 0) is 37.9 Å². The van der Waals surface area contributed by atoms with Crippen molar-refractivity contribution in [2.45, 2.75) is 33.2 Å². The molecule has 0 saturated heterocycles. The molecule has 3 nitrogen and oxygen atoms in total. The first kappa shape index (κ1) is 15.0. The Morgan fingerprint density at radius 2 is 2.11 bits per heavy atom. The zero-order valence-corrected chi connectivity index (χ0v) is 11.9. The zero-order valence-electron chi connectivity index (χ0n) is 11.9. The molecule has 0 bridgehead atoms. The standard InChI is InChI=1S/C15H26N2O/c1-4-8-16-12-14-11-13(2)6-7-15(14)17(3)9-5-10-18/h6-7,11,16,18H,4-5,8-10,12H2,1-3H3. The van der Waals surface area contributed by atoms with Gasteiger partial charge in [-0.15, -0.1) is 0 Å². The van der Waals surface area contributed by atoms with Crippen LogP contribution >= 0.6 is 0 Å². The van der Waals surface area contributed by atoms with E-state index in [-0.39, 0.29) is 6.61 Å². The summed E-state index contributed by atoms with van der Waals surface area (Å²) >= 11 is 0. The van der Waals surface area contributed by atoms with Crippen molar-refractivity contribution < 1.29 is 5.11 Å². The van der Waals surface area contributed by atoms with Crippen LogP contribution in [0, 0.1) is 6.92 Å². The second-order valence-corrected chi connectivity index (χ2v) is 4.81. The molecule has 3 heteroatoms. The van der Waals surface area contributed by atoms with E-state index in [1.54, 1.807) is 0 Å². The van der Waals surface area contributed by atoms with Gasteiger partial charge in [0.1, 0.15) is 0 Å². The van der Waals surface area contributed by atoms with Gasteiger partial charge in [0.05, 0.1) is 0 Å². The number of benzene rings is 1. The zero-order chi connectivity index (χ0) is 13.4. The first-order valence-electron chi connectivity index (χ1n) is 6.81. The van der Waals surface area contributed by atoms with Crippen molar-refractivity contribution in [3.8, 4) is 0 Å². The molecule has 0 atom stereocenters. The molecular weight excluding hydrogens is 224 g/mol. The number of anilines is 1. The average Bonchev–Trinajstić information content (AvgIpc) is 2.36. The van der Waals surface area contributed by atoms with Gasteiger partial charge in [-0.25, -0.2) is 0 Å². The Morgan fingerprint density at radius 3 is 2.78 bits per heavy atom. The van der Waals surface area contributed by atoms with Crippen molar-refractivity contribution in [1.29, 1.82) is 0 Å². The molecule has 0 aromatic heterocycles. The van der Waals surface area contributed by atoms with E-state index < -0.39 is 0 Å². The van der Waals surface area contributed by atoms with Crippen molar-refractivity contribution in [3.63, 3.8) is 0 Å². The van der Waals surface area contributed by atoms with Gasteiger partial charge >= 0.3 is 0 Å². The smallest absolute Gasteiger partial charge is 0.0447 e. The normalized spacial score (nSPS) is 10.7. The average molecular weight is 250 g/mol. The third-order valence-electron chi connectivity index (χ3n) is 3.04. The molecule has 0 heterocycles. The molecule has 0 saturated carbocycles. The minimum absolute atomic E-state index is 0.250. The monoisotopic (exact) mass is 250 g/mol. The Labute approximate surface area is 111 Å². The van der Waals surface area contributed by atoms with Crippen LogP contribution in [-0.4, -0.2) is 31.9 Å². The highest BCUT2D eigenvalue weighted by Crippen LogP contribution is 2.21. The fourth-order valence-electron chi connectivity index (χ4n) is 2.06. The molecule has 0 aliphatic heterocycles. The number of rotatable bonds is 8. The maximum Gasteiger partial charge on any atom is 0.0447 e. The van der Waals surface area contributed by atoms with Crippen LogP contribution in [0.3, 0.4) is 0 Å². The van der Waals surface area contributed by atoms with Crippen LogP contribution in [0.25, 0.3) is 0 Å². The summed E-state index contributed by atoms with van der Waals surface area (Å²) in [5.41, 5.74) is 3.89. The summed E-state index contributed by atoms with van der Waals surface area (Å²) in [7, 11) is 2.09. The van der Waals surface area contributed by atoms with Crippen molar-refractivity contribution >= 4 is 5.69 Å². The number of hydrogen-bond donors (Lipinski definition) is 2. The van der Waals surface area contributed by atoms with E-state index in [4.69, 9.17) is 5.11 Å². The fraction of sp³-hybridized carbons (Fsp3) is 0.600. The Kier molecular flexibility index (Phi) is 6.76. The molecule has 2 N–H and O–H groups in total. The predicted octanol–water partition coefficient (Wildman–Crippen LogP) is 2.31. The van der Waals surface area contributed by atoms with Gasteiger partial charge in [0, 0.05) is 32.4 Å². The van der Waals surface area contributed by atoms with Gasteiger partial charge in [0.2, 0.25) is 0 Å². The van der Waals surface area contributed by atoms with Gasteiger partial charge in [-0.3, -0.25) is 0 Å². The summed E-state index contributed by atoms with van der Waals surface area (Å²) in [4.78, 5) is 2.22. The van der Waals surface area contributed by atoms with Crippen molar-refractivity contribution in [1.82, 2.24) is 5.32 Å². The van der Waals surface area contributed by atoms with Crippen molar-refractivity contribution in [3.05, 3.63) is 29.3 Å². The van der Waals surface area contributed by atoms with Gasteiger partial charge < -0.3 is 15.3 Å². The Bertz CT molecular complexity index is 352. The molecule has 0 radical (unpaired) electrons. The Hall–Kier alpha value is -1.06. The lowest BCUT2D eigenvalue weighted by molar-refractivity contribution is 0.290. The molecule has 1 rings (SSSR count). The second-order valence-electron chi connectivity index (χ2n) is 4.81. The van der Waals surface area contributed by atoms with Crippen molar-refractivity contribution in [2.75, 3.05) is 31.6 Å². The molecule has 0 unspecified atom stereocenters. The number of aliphatic hydroxyl groups excluding tert-OH is 1. The number of nitrogens with zero attached hydrogens (tertiary/aromatic N) is 1. The Morgan fingerprint density at radius 1 is 1.33 bits per heavy atom. The molecule has 1 aromatic rings. The number of aliphatic hydroxyl groups is 1. The minimum Gasteiger partial charge on any atom is -0.396 e. The summed E-state index contributed by atoms with van der Waals surface area (Å²) in [6.45, 7) is 7.40. The number of hydrogen-bond acceptors (Lipinski definition) is 3. The molecular formula is C15H26N2O. The Balaban J connectivity index is 2.74. The van der Waals surface area contributed by atoms with Gasteiger partial charge in [0.25, 0.3) is 0 Å². The highest BCUT2D eigenvalue weighted by atomic mass is 16.3. The lowest BCUT2D eigenvalue weighted by atomic mass is 10.1. The van der Waals surface area contributed by atoms with Crippen LogP contribution in [0.4, 0.5) is 5.69 Å². The highest BCUT2D eigenvalue weighted by Gasteiger charge is 2.07. The quantitative estimate of drug-likeness (QED) is 0.695. The summed E-state index contributed by atoms with van der Waals surface area (Å²) in [6, 6.07) is 6.57. The summed E-state index contributed by atoms with van der Waals surface area (Å²) < 4.78 is 0. The molecule has 18 heavy (non-hydrogen) atoms. The third-order valence-corrected chi connectivity index (χ3v) is 3.04. The molecule has 0 spiro atoms. The maximum atomic E-state index is 8.91. The van der Waals surface area contributed by atoms with Gasteiger partial charge in [-0.1, -0.05) is 24.6 Å². The highest BCUT2D eigenvalue weighted by molar-refractivity contribution is 5.54. The lowest BCUT2D eigenvalue weighted by Crippen LogP contribution is -2.23. The van der Waals surface area contributed by atoms with Gasteiger partial charge in [-0.2, -0.15) is 0 Å². The topological polar surface area (TPSA) is 35.5 Å². The maximum absolute atomic E-state index is 8.91. The molecule has 0 aliphatic carbocycles. The van der Waals surface area contributed by atoms with E-state index in [0.717, 1.165) is 32.5 Å². The summed E-state index contributed by atoms with van der Waals surface area (Å²) in [5, 5.41) is 12.4. The largest absolute Gasteiger partial charge is 0.396 e. The second kappa shape index (κ2) is 8.11. The van der Waals surface area contributed by atoms with Crippen LogP contribution in [0.2, 0.25) is 0 Å². The summed E-state index contributed by atoms with van der Waals surface area (Å²) in [6.07, 6.45) is 1.97. The van der Waals surface area contributed by atoms with Gasteiger partial charge in [0.15, 0.2) is 0 Å². The van der Waals surface area contributed by atoms with Crippen molar-refractivity contribution in [2.24, 2.45) is 0 Å². The van der Waals surface area contributed by atoms with E-state index in [1.807, 2.05) is 0 Å². The predicted molar refractivity (Wildman–Crippen MR) is 78.1 cm³/mol. The number of aryl methyl sites for hydroxylation is 1. The van der Waals surface area contributed by atoms with Crippen LogP contribution in [0.5, 0.6) is 0 Å². The van der Waals surface area contributed by atoms with Crippen LogP contribution < -0.4 is 10.2 Å². The molecule has 102 valence electrons. The van der Waals surface area contributed by atoms with E-state index in [1.165, 1.54) is 16.8 Å². The fourth-order valence-corrected chi connectivity index (χ4v) is 2.06.